The van der Waals surface area contributed by atoms with Crippen molar-refractivity contribution in [2.75, 3.05) is 24.5 Å². The maximum atomic E-state index is 4.18. The quantitative estimate of drug-likeness (QED) is 0.808. The summed E-state index contributed by atoms with van der Waals surface area (Å²) < 4.78 is 0. The Balaban J connectivity index is 2.04. The van der Waals surface area contributed by atoms with Crippen molar-refractivity contribution in [1.82, 2.24) is 10.3 Å². The molecule has 1 atom stereocenters. The SMILES string of the molecule is C[C@H]1CN(c2cccc3cnccc23)CCN1. The normalized spacial score (nSPS) is 20.8. The van der Waals surface area contributed by atoms with E-state index in [-0.39, 0.29) is 0 Å². The molecule has 0 amide bonds. The Hall–Kier alpha value is -1.61. The smallest absolute Gasteiger partial charge is 0.0448 e. The Morgan fingerprint density at radius 3 is 3.18 bits per heavy atom. The van der Waals surface area contributed by atoms with Crippen LogP contribution in [0, 0.1) is 0 Å². The molecule has 0 unspecified atom stereocenters. The van der Waals surface area contributed by atoms with Crippen LogP contribution in [0.1, 0.15) is 6.92 Å². The topological polar surface area (TPSA) is 28.2 Å². The summed E-state index contributed by atoms with van der Waals surface area (Å²) in [5.41, 5.74) is 1.33. The standard InChI is InChI=1S/C14H17N3/c1-11-10-17(8-7-16-11)14-4-2-3-12-9-15-6-5-13(12)14/h2-6,9,11,16H,7-8,10H2,1H3/t11-/m0/s1. The van der Waals surface area contributed by atoms with E-state index in [1.54, 1.807) is 0 Å². The Labute approximate surface area is 101 Å². The Bertz CT molecular complexity index is 518. The van der Waals surface area contributed by atoms with Crippen molar-refractivity contribution < 1.29 is 0 Å². The highest BCUT2D eigenvalue weighted by atomic mass is 15.2. The summed E-state index contributed by atoms with van der Waals surface area (Å²) in [5, 5.41) is 6.00. The number of anilines is 1. The van der Waals surface area contributed by atoms with Crippen LogP contribution in [-0.2, 0) is 0 Å². The first kappa shape index (κ1) is 10.5. The maximum Gasteiger partial charge on any atom is 0.0448 e. The zero-order chi connectivity index (χ0) is 11.7. The molecule has 0 bridgehead atoms. The van der Waals surface area contributed by atoms with E-state index in [9.17, 15) is 0 Å². The average Bonchev–Trinajstić information content (AvgIpc) is 2.38. The van der Waals surface area contributed by atoms with Crippen LogP contribution in [0.3, 0.4) is 0 Å². The number of hydrogen-bond acceptors (Lipinski definition) is 3. The predicted molar refractivity (Wildman–Crippen MR) is 71.4 cm³/mol. The van der Waals surface area contributed by atoms with Gasteiger partial charge in [0.15, 0.2) is 0 Å². The van der Waals surface area contributed by atoms with E-state index in [1.165, 1.54) is 16.5 Å². The first-order valence-corrected chi connectivity index (χ1v) is 6.15. The Morgan fingerprint density at radius 2 is 2.29 bits per heavy atom. The molecule has 1 N–H and O–H groups in total. The summed E-state index contributed by atoms with van der Waals surface area (Å²) in [6.45, 7) is 5.44. The fraction of sp³-hybridized carbons (Fsp3) is 0.357. The zero-order valence-corrected chi connectivity index (χ0v) is 10.1. The van der Waals surface area contributed by atoms with Gasteiger partial charge in [-0.15, -0.1) is 0 Å². The molecule has 0 aliphatic carbocycles. The summed E-state index contributed by atoms with van der Waals surface area (Å²) in [6, 6.07) is 9.11. The van der Waals surface area contributed by atoms with E-state index in [2.05, 4.69) is 46.4 Å². The summed E-state index contributed by atoms with van der Waals surface area (Å²) in [7, 11) is 0. The largest absolute Gasteiger partial charge is 0.368 e. The van der Waals surface area contributed by atoms with E-state index in [0.29, 0.717) is 6.04 Å². The lowest BCUT2D eigenvalue weighted by Crippen LogP contribution is -2.49. The number of nitrogens with zero attached hydrogens (tertiary/aromatic N) is 2. The molecule has 3 rings (SSSR count). The second-order valence-corrected chi connectivity index (χ2v) is 4.68. The number of aromatic nitrogens is 1. The lowest BCUT2D eigenvalue weighted by molar-refractivity contribution is 0.485. The van der Waals surface area contributed by atoms with Crippen molar-refractivity contribution in [2.24, 2.45) is 0 Å². The van der Waals surface area contributed by atoms with Gasteiger partial charge in [-0.25, -0.2) is 0 Å². The fourth-order valence-corrected chi connectivity index (χ4v) is 2.53. The first-order valence-electron chi connectivity index (χ1n) is 6.15. The third-order valence-electron chi connectivity index (χ3n) is 3.37. The number of rotatable bonds is 1. The van der Waals surface area contributed by atoms with Crippen LogP contribution < -0.4 is 10.2 Å². The van der Waals surface area contributed by atoms with Crippen molar-refractivity contribution in [3.63, 3.8) is 0 Å². The van der Waals surface area contributed by atoms with E-state index >= 15 is 0 Å². The lowest BCUT2D eigenvalue weighted by atomic mass is 10.1. The molecule has 3 heteroatoms. The number of piperazine rings is 1. The van der Waals surface area contributed by atoms with E-state index in [1.807, 2.05) is 12.4 Å². The van der Waals surface area contributed by atoms with E-state index < -0.39 is 0 Å². The van der Waals surface area contributed by atoms with Crippen molar-refractivity contribution in [2.45, 2.75) is 13.0 Å². The average molecular weight is 227 g/mol. The minimum atomic E-state index is 0.556. The molecule has 1 aromatic carbocycles. The molecule has 0 radical (unpaired) electrons. The van der Waals surface area contributed by atoms with E-state index in [0.717, 1.165) is 19.6 Å². The molecule has 0 spiro atoms. The van der Waals surface area contributed by atoms with E-state index in [4.69, 9.17) is 0 Å². The van der Waals surface area contributed by atoms with Gasteiger partial charge in [-0.05, 0) is 19.1 Å². The highest BCUT2D eigenvalue weighted by molar-refractivity contribution is 5.93. The maximum absolute atomic E-state index is 4.18. The van der Waals surface area contributed by atoms with Crippen LogP contribution in [0.4, 0.5) is 5.69 Å². The fourth-order valence-electron chi connectivity index (χ4n) is 2.53. The molecule has 2 heterocycles. The zero-order valence-electron chi connectivity index (χ0n) is 10.1. The van der Waals surface area contributed by atoms with Crippen molar-refractivity contribution >= 4 is 16.5 Å². The lowest BCUT2D eigenvalue weighted by Gasteiger charge is -2.34. The van der Waals surface area contributed by atoms with Crippen molar-refractivity contribution in [1.29, 1.82) is 0 Å². The number of pyridine rings is 1. The van der Waals surface area contributed by atoms with Gasteiger partial charge in [-0.3, -0.25) is 4.98 Å². The van der Waals surface area contributed by atoms with Crippen molar-refractivity contribution in [3.8, 4) is 0 Å². The molecule has 1 aromatic heterocycles. The molecular formula is C14H17N3. The van der Waals surface area contributed by atoms with Gasteiger partial charge in [0.05, 0.1) is 0 Å². The van der Waals surface area contributed by atoms with Crippen LogP contribution in [0.5, 0.6) is 0 Å². The van der Waals surface area contributed by atoms with Crippen molar-refractivity contribution in [3.05, 3.63) is 36.7 Å². The molecule has 1 aliphatic heterocycles. The second-order valence-electron chi connectivity index (χ2n) is 4.68. The summed E-state index contributed by atoms with van der Waals surface area (Å²) in [4.78, 5) is 6.65. The molecule has 3 nitrogen and oxygen atoms in total. The van der Waals surface area contributed by atoms with Gasteiger partial charge in [-0.1, -0.05) is 12.1 Å². The monoisotopic (exact) mass is 227 g/mol. The minimum absolute atomic E-state index is 0.556. The summed E-state index contributed by atoms with van der Waals surface area (Å²) in [6.07, 6.45) is 3.81. The third kappa shape index (κ3) is 1.98. The van der Waals surface area contributed by atoms with Crippen LogP contribution in [0.25, 0.3) is 10.8 Å². The molecule has 88 valence electrons. The van der Waals surface area contributed by atoms with Crippen LogP contribution >= 0.6 is 0 Å². The number of hydrogen-bond donors (Lipinski definition) is 1. The Kier molecular flexibility index (Phi) is 2.69. The van der Waals surface area contributed by atoms with Crippen LogP contribution in [0.15, 0.2) is 36.7 Å². The molecule has 2 aromatic rings. The van der Waals surface area contributed by atoms with Gasteiger partial charge in [0.25, 0.3) is 0 Å². The van der Waals surface area contributed by atoms with Gasteiger partial charge in [-0.2, -0.15) is 0 Å². The second kappa shape index (κ2) is 4.34. The third-order valence-corrected chi connectivity index (χ3v) is 3.37. The molecule has 1 fully saturated rings. The first-order chi connectivity index (χ1) is 8.34. The molecule has 17 heavy (non-hydrogen) atoms. The highest BCUT2D eigenvalue weighted by Gasteiger charge is 2.17. The van der Waals surface area contributed by atoms with Gasteiger partial charge in [0, 0.05) is 54.5 Å². The Morgan fingerprint density at radius 1 is 1.35 bits per heavy atom. The van der Waals surface area contributed by atoms with Gasteiger partial charge < -0.3 is 10.2 Å². The number of fused-ring (bicyclic) bond motifs is 1. The number of benzene rings is 1. The minimum Gasteiger partial charge on any atom is -0.368 e. The van der Waals surface area contributed by atoms with Gasteiger partial charge in [0.2, 0.25) is 0 Å². The van der Waals surface area contributed by atoms with Crippen LogP contribution in [0.2, 0.25) is 0 Å². The molecule has 0 saturated carbocycles. The van der Waals surface area contributed by atoms with Gasteiger partial charge >= 0.3 is 0 Å². The predicted octanol–water partition coefficient (Wildman–Crippen LogP) is 2.03. The number of nitrogens with one attached hydrogen (secondary N) is 1. The van der Waals surface area contributed by atoms with Crippen LogP contribution in [-0.4, -0.2) is 30.7 Å². The molecule has 1 aliphatic rings. The molecular weight excluding hydrogens is 210 g/mol. The van der Waals surface area contributed by atoms with Gasteiger partial charge in [0.1, 0.15) is 0 Å². The highest BCUT2D eigenvalue weighted by Crippen LogP contribution is 2.26. The summed E-state index contributed by atoms with van der Waals surface area (Å²) >= 11 is 0. The summed E-state index contributed by atoms with van der Waals surface area (Å²) in [5.74, 6) is 0. The molecule has 1 saturated heterocycles.